The summed E-state index contributed by atoms with van der Waals surface area (Å²) in [5, 5.41) is 1.04. The van der Waals surface area contributed by atoms with Gasteiger partial charge in [-0.3, -0.25) is 0 Å². The van der Waals surface area contributed by atoms with Gasteiger partial charge in [-0.2, -0.15) is 0 Å². The van der Waals surface area contributed by atoms with E-state index in [4.69, 9.17) is 4.74 Å². The first-order valence-corrected chi connectivity index (χ1v) is 7.93. The molecule has 1 aromatic heterocycles. The topological polar surface area (TPSA) is 41.5 Å². The smallest absolute Gasteiger partial charge is 0.218 e. The van der Waals surface area contributed by atoms with E-state index in [1.165, 1.54) is 6.42 Å². The lowest BCUT2D eigenvalue weighted by Crippen LogP contribution is -2.32. The Labute approximate surface area is 123 Å². The van der Waals surface area contributed by atoms with Crippen LogP contribution in [-0.2, 0) is 0 Å². The summed E-state index contributed by atoms with van der Waals surface area (Å²) in [5.74, 6) is 1.63. The van der Waals surface area contributed by atoms with Crippen molar-refractivity contribution in [2.45, 2.75) is 13.3 Å². The Morgan fingerprint density at radius 3 is 2.95 bits per heavy atom. The minimum absolute atomic E-state index is 0.634. The van der Waals surface area contributed by atoms with Gasteiger partial charge in [-0.25, -0.2) is 9.97 Å². The van der Waals surface area contributed by atoms with E-state index in [2.05, 4.69) is 35.7 Å². The highest BCUT2D eigenvalue weighted by Gasteiger charge is 2.16. The predicted molar refractivity (Wildman–Crippen MR) is 80.3 cm³/mol. The summed E-state index contributed by atoms with van der Waals surface area (Å²) < 4.78 is 5.43. The molecule has 0 N–H and O–H groups in total. The van der Waals surface area contributed by atoms with Crippen molar-refractivity contribution >= 4 is 21.7 Å². The molecule has 0 spiro atoms. The van der Waals surface area contributed by atoms with Crippen LogP contribution in [0.15, 0.2) is 12.4 Å². The number of ether oxygens (including phenoxy) is 1. The quantitative estimate of drug-likeness (QED) is 0.771. The van der Waals surface area contributed by atoms with E-state index in [0.29, 0.717) is 12.5 Å². The molecule has 1 aromatic rings. The van der Waals surface area contributed by atoms with Crippen LogP contribution in [0.3, 0.4) is 0 Å². The number of alkyl halides is 1. The molecule has 2 heterocycles. The third-order valence-electron chi connectivity index (χ3n) is 3.23. The Bertz CT molecular complexity index is 391. The van der Waals surface area contributed by atoms with Crippen LogP contribution in [0.1, 0.15) is 13.3 Å². The molecule has 0 amide bonds. The Morgan fingerprint density at radius 1 is 1.26 bits per heavy atom. The molecular formula is C13H21BrN4O. The van der Waals surface area contributed by atoms with Crippen molar-refractivity contribution in [3.63, 3.8) is 0 Å². The zero-order chi connectivity index (χ0) is 13.5. The van der Waals surface area contributed by atoms with Crippen molar-refractivity contribution in [2.75, 3.05) is 49.6 Å². The average Bonchev–Trinajstić information content (AvgIpc) is 2.66. The summed E-state index contributed by atoms with van der Waals surface area (Å²) in [6.07, 6.45) is 2.75. The maximum atomic E-state index is 5.43. The number of hydrogen-bond donors (Lipinski definition) is 0. The van der Waals surface area contributed by atoms with Crippen molar-refractivity contribution in [2.24, 2.45) is 0 Å². The molecule has 6 heteroatoms. The molecular weight excluding hydrogens is 308 g/mol. The number of hydrogen-bond acceptors (Lipinski definition) is 5. The van der Waals surface area contributed by atoms with Crippen LogP contribution in [0.2, 0.25) is 0 Å². The predicted octanol–water partition coefficient (Wildman–Crippen LogP) is 1.78. The fourth-order valence-electron chi connectivity index (χ4n) is 2.27. The lowest BCUT2D eigenvalue weighted by molar-refractivity contribution is 0.313. The highest BCUT2D eigenvalue weighted by molar-refractivity contribution is 9.09. The molecule has 1 aliphatic rings. The second-order valence-electron chi connectivity index (χ2n) is 4.52. The van der Waals surface area contributed by atoms with Crippen molar-refractivity contribution in [3.8, 4) is 5.88 Å². The van der Waals surface area contributed by atoms with Gasteiger partial charge in [-0.05, 0) is 19.9 Å². The Balaban J connectivity index is 1.99. The molecule has 0 saturated carbocycles. The fraction of sp³-hybridized carbons (Fsp3) is 0.692. The maximum Gasteiger partial charge on any atom is 0.218 e. The van der Waals surface area contributed by atoms with Gasteiger partial charge in [-0.15, -0.1) is 0 Å². The number of rotatable bonds is 5. The van der Waals surface area contributed by atoms with Crippen LogP contribution < -0.4 is 9.64 Å². The van der Waals surface area contributed by atoms with E-state index < -0.39 is 0 Å². The summed E-state index contributed by atoms with van der Waals surface area (Å²) in [6.45, 7) is 8.01. The van der Waals surface area contributed by atoms with Gasteiger partial charge in [0.2, 0.25) is 5.88 Å². The molecule has 106 valence electrons. The van der Waals surface area contributed by atoms with E-state index in [0.717, 1.165) is 43.9 Å². The highest BCUT2D eigenvalue weighted by atomic mass is 79.9. The molecule has 0 bridgehead atoms. The molecule has 0 unspecified atom stereocenters. The Morgan fingerprint density at radius 2 is 2.16 bits per heavy atom. The number of anilines is 1. The molecule has 0 radical (unpaired) electrons. The first-order valence-electron chi connectivity index (χ1n) is 6.81. The first kappa shape index (κ1) is 14.5. The van der Waals surface area contributed by atoms with E-state index in [-0.39, 0.29) is 0 Å². The van der Waals surface area contributed by atoms with Gasteiger partial charge in [0.05, 0.1) is 6.61 Å². The van der Waals surface area contributed by atoms with Gasteiger partial charge in [0.15, 0.2) is 0 Å². The molecule has 0 atom stereocenters. The second kappa shape index (κ2) is 7.65. The normalized spacial score (nSPS) is 17.3. The van der Waals surface area contributed by atoms with Gasteiger partial charge in [0, 0.05) is 37.6 Å². The van der Waals surface area contributed by atoms with Gasteiger partial charge in [-0.1, -0.05) is 15.9 Å². The molecule has 1 aliphatic heterocycles. The van der Waals surface area contributed by atoms with Gasteiger partial charge < -0.3 is 14.5 Å². The maximum absolute atomic E-state index is 5.43. The number of nitrogens with zero attached hydrogens (tertiary/aromatic N) is 4. The summed E-state index contributed by atoms with van der Waals surface area (Å²) in [4.78, 5) is 13.3. The third-order valence-corrected chi connectivity index (χ3v) is 3.59. The van der Waals surface area contributed by atoms with Crippen molar-refractivity contribution in [1.29, 1.82) is 0 Å². The standard InChI is InChI=1S/C13H21BrN4O/c1-2-19-13-10-12(15-11-16-13)18-6-3-5-17(7-4-14)8-9-18/h10-11H,2-9H2,1H3. The largest absolute Gasteiger partial charge is 0.478 e. The SMILES string of the molecule is CCOc1cc(N2CCCN(CCBr)CC2)ncn1. The van der Waals surface area contributed by atoms with Crippen LogP contribution in [0, 0.1) is 0 Å². The van der Waals surface area contributed by atoms with Crippen LogP contribution in [-0.4, -0.2) is 59.5 Å². The van der Waals surface area contributed by atoms with E-state index in [9.17, 15) is 0 Å². The summed E-state index contributed by atoms with van der Waals surface area (Å²) in [5.41, 5.74) is 0. The van der Waals surface area contributed by atoms with Gasteiger partial charge in [0.1, 0.15) is 12.1 Å². The van der Waals surface area contributed by atoms with Crippen LogP contribution in [0.4, 0.5) is 5.82 Å². The van der Waals surface area contributed by atoms with Crippen molar-refractivity contribution < 1.29 is 4.74 Å². The lowest BCUT2D eigenvalue weighted by Gasteiger charge is -2.22. The summed E-state index contributed by atoms with van der Waals surface area (Å²) >= 11 is 3.50. The van der Waals surface area contributed by atoms with Crippen LogP contribution >= 0.6 is 15.9 Å². The van der Waals surface area contributed by atoms with Gasteiger partial charge >= 0.3 is 0 Å². The molecule has 19 heavy (non-hydrogen) atoms. The first-order chi connectivity index (χ1) is 9.33. The zero-order valence-electron chi connectivity index (χ0n) is 11.4. The average molecular weight is 329 g/mol. The van der Waals surface area contributed by atoms with Gasteiger partial charge in [0.25, 0.3) is 0 Å². The monoisotopic (exact) mass is 328 g/mol. The molecule has 0 aromatic carbocycles. The Hall–Kier alpha value is -0.880. The zero-order valence-corrected chi connectivity index (χ0v) is 13.0. The number of aromatic nitrogens is 2. The summed E-state index contributed by atoms with van der Waals surface area (Å²) in [7, 11) is 0. The number of halogens is 1. The summed E-state index contributed by atoms with van der Waals surface area (Å²) in [6, 6.07) is 1.93. The molecule has 1 fully saturated rings. The molecule has 5 nitrogen and oxygen atoms in total. The second-order valence-corrected chi connectivity index (χ2v) is 5.31. The minimum Gasteiger partial charge on any atom is -0.478 e. The highest BCUT2D eigenvalue weighted by Crippen LogP contribution is 2.17. The van der Waals surface area contributed by atoms with E-state index in [1.807, 2.05) is 13.0 Å². The van der Waals surface area contributed by atoms with E-state index >= 15 is 0 Å². The molecule has 0 aliphatic carbocycles. The minimum atomic E-state index is 0.634. The molecule has 2 rings (SSSR count). The Kier molecular flexibility index (Phi) is 5.85. The van der Waals surface area contributed by atoms with Crippen LogP contribution in [0.25, 0.3) is 0 Å². The van der Waals surface area contributed by atoms with Crippen molar-refractivity contribution in [3.05, 3.63) is 12.4 Å². The van der Waals surface area contributed by atoms with E-state index in [1.54, 1.807) is 6.33 Å². The third kappa shape index (κ3) is 4.31. The lowest BCUT2D eigenvalue weighted by atomic mass is 10.3. The fourth-order valence-corrected chi connectivity index (χ4v) is 2.77. The molecule has 1 saturated heterocycles. The van der Waals surface area contributed by atoms with Crippen LogP contribution in [0.5, 0.6) is 5.88 Å². The van der Waals surface area contributed by atoms with Crippen molar-refractivity contribution in [1.82, 2.24) is 14.9 Å².